The summed E-state index contributed by atoms with van der Waals surface area (Å²) in [6, 6.07) is 9.16. The van der Waals surface area contributed by atoms with Crippen molar-refractivity contribution in [3.05, 3.63) is 41.5 Å². The van der Waals surface area contributed by atoms with E-state index in [0.29, 0.717) is 29.4 Å². The number of hydrogen-bond acceptors (Lipinski definition) is 5. The van der Waals surface area contributed by atoms with Crippen LogP contribution in [0.5, 0.6) is 28.7 Å². The maximum atomic E-state index is 10.0. The van der Waals surface area contributed by atoms with Crippen molar-refractivity contribution >= 4 is 0 Å². The Morgan fingerprint density at radius 3 is 1.91 bits per heavy atom. The summed E-state index contributed by atoms with van der Waals surface area (Å²) in [5.41, 5.74) is 1.90. The first-order valence-corrected chi connectivity index (χ1v) is 7.27. The maximum Gasteiger partial charge on any atom is 0.203 e. The molecule has 0 saturated carbocycles. The van der Waals surface area contributed by atoms with E-state index in [4.69, 9.17) is 18.9 Å². The lowest BCUT2D eigenvalue weighted by Crippen LogP contribution is -1.98. The maximum absolute atomic E-state index is 10.0. The summed E-state index contributed by atoms with van der Waals surface area (Å²) < 4.78 is 21.1. The molecule has 2 aromatic rings. The normalized spacial score (nSPS) is 10.3. The first-order chi connectivity index (χ1) is 11.1. The molecule has 0 spiro atoms. The van der Waals surface area contributed by atoms with Gasteiger partial charge in [0.15, 0.2) is 11.5 Å². The molecular formula is C18H22O5. The van der Waals surface area contributed by atoms with Crippen LogP contribution in [0.25, 0.3) is 0 Å². The molecule has 2 rings (SSSR count). The number of aryl methyl sites for hydroxylation is 2. The van der Waals surface area contributed by atoms with Gasteiger partial charge in [-0.3, -0.25) is 0 Å². The van der Waals surface area contributed by atoms with Gasteiger partial charge < -0.3 is 24.1 Å². The largest absolute Gasteiger partial charge is 0.508 e. The molecule has 0 aliphatic carbocycles. The van der Waals surface area contributed by atoms with Gasteiger partial charge in [0.2, 0.25) is 5.75 Å². The standard InChI is InChI=1S/C18H22O5/c1-20-14-8-7-13(15(19)11-14)6-5-12-9-16(21-2)18(23-4)17(10-12)22-3/h7-11,19H,5-6H2,1-4H3. The van der Waals surface area contributed by atoms with Crippen molar-refractivity contribution in [3.63, 3.8) is 0 Å². The second-order valence-corrected chi connectivity index (χ2v) is 5.03. The van der Waals surface area contributed by atoms with Gasteiger partial charge in [-0.1, -0.05) is 6.07 Å². The van der Waals surface area contributed by atoms with Crippen LogP contribution in [-0.2, 0) is 12.8 Å². The first-order valence-electron chi connectivity index (χ1n) is 7.27. The number of phenolic OH excluding ortho intramolecular Hbond substituents is 1. The number of ether oxygens (including phenoxy) is 4. The highest BCUT2D eigenvalue weighted by atomic mass is 16.5. The van der Waals surface area contributed by atoms with Crippen molar-refractivity contribution in [2.75, 3.05) is 28.4 Å². The molecular weight excluding hydrogens is 296 g/mol. The quantitative estimate of drug-likeness (QED) is 0.849. The molecule has 0 aliphatic heterocycles. The van der Waals surface area contributed by atoms with Gasteiger partial charge in [-0.05, 0) is 42.2 Å². The number of methoxy groups -OCH3 is 4. The number of phenols is 1. The Kier molecular flexibility index (Phi) is 5.57. The summed E-state index contributed by atoms with van der Waals surface area (Å²) in [7, 11) is 6.34. The Hall–Kier alpha value is -2.56. The highest BCUT2D eigenvalue weighted by Crippen LogP contribution is 2.38. The van der Waals surface area contributed by atoms with E-state index < -0.39 is 0 Å². The smallest absolute Gasteiger partial charge is 0.203 e. The van der Waals surface area contributed by atoms with E-state index >= 15 is 0 Å². The van der Waals surface area contributed by atoms with Crippen molar-refractivity contribution in [1.82, 2.24) is 0 Å². The zero-order chi connectivity index (χ0) is 16.8. The van der Waals surface area contributed by atoms with E-state index in [9.17, 15) is 5.11 Å². The predicted octanol–water partition coefficient (Wildman–Crippen LogP) is 3.21. The highest BCUT2D eigenvalue weighted by molar-refractivity contribution is 5.54. The Bertz CT molecular complexity index is 641. The zero-order valence-corrected chi connectivity index (χ0v) is 13.9. The summed E-state index contributed by atoms with van der Waals surface area (Å²) in [6.45, 7) is 0. The average Bonchev–Trinajstić information content (AvgIpc) is 2.59. The fourth-order valence-corrected chi connectivity index (χ4v) is 2.44. The molecule has 0 aliphatic rings. The Morgan fingerprint density at radius 2 is 1.43 bits per heavy atom. The van der Waals surface area contributed by atoms with Gasteiger partial charge in [0.05, 0.1) is 28.4 Å². The highest BCUT2D eigenvalue weighted by Gasteiger charge is 2.13. The molecule has 124 valence electrons. The Labute approximate surface area is 136 Å². The molecule has 0 heterocycles. The van der Waals surface area contributed by atoms with E-state index in [1.54, 1.807) is 34.5 Å². The van der Waals surface area contributed by atoms with Crippen molar-refractivity contribution in [2.24, 2.45) is 0 Å². The van der Waals surface area contributed by atoms with Crippen LogP contribution in [0.3, 0.4) is 0 Å². The minimum absolute atomic E-state index is 0.233. The van der Waals surface area contributed by atoms with Crippen molar-refractivity contribution in [2.45, 2.75) is 12.8 Å². The third-order valence-electron chi connectivity index (χ3n) is 3.70. The summed E-state index contributed by atoms with van der Waals surface area (Å²) in [4.78, 5) is 0. The summed E-state index contributed by atoms with van der Waals surface area (Å²) in [5.74, 6) is 2.70. The molecule has 5 heteroatoms. The van der Waals surface area contributed by atoms with Crippen molar-refractivity contribution in [1.29, 1.82) is 0 Å². The fraction of sp³-hybridized carbons (Fsp3) is 0.333. The van der Waals surface area contributed by atoms with Crippen LogP contribution >= 0.6 is 0 Å². The molecule has 23 heavy (non-hydrogen) atoms. The topological polar surface area (TPSA) is 57.2 Å². The second-order valence-electron chi connectivity index (χ2n) is 5.03. The third-order valence-corrected chi connectivity index (χ3v) is 3.70. The van der Waals surface area contributed by atoms with Gasteiger partial charge >= 0.3 is 0 Å². The molecule has 0 bridgehead atoms. The van der Waals surface area contributed by atoms with Crippen LogP contribution in [0.1, 0.15) is 11.1 Å². The molecule has 5 nitrogen and oxygen atoms in total. The average molecular weight is 318 g/mol. The molecule has 0 fully saturated rings. The SMILES string of the molecule is COc1ccc(CCc2cc(OC)c(OC)c(OC)c2)c(O)c1. The lowest BCUT2D eigenvalue weighted by molar-refractivity contribution is 0.324. The van der Waals surface area contributed by atoms with E-state index in [2.05, 4.69) is 0 Å². The lowest BCUT2D eigenvalue weighted by atomic mass is 10.0. The van der Waals surface area contributed by atoms with Gasteiger partial charge in [0.25, 0.3) is 0 Å². The lowest BCUT2D eigenvalue weighted by Gasteiger charge is -2.14. The van der Waals surface area contributed by atoms with E-state index in [1.165, 1.54) is 0 Å². The summed E-state index contributed by atoms with van der Waals surface area (Å²) >= 11 is 0. The summed E-state index contributed by atoms with van der Waals surface area (Å²) in [5, 5.41) is 10.0. The van der Waals surface area contributed by atoms with Crippen LogP contribution in [0.15, 0.2) is 30.3 Å². The second kappa shape index (κ2) is 7.63. The van der Waals surface area contributed by atoms with Crippen LogP contribution in [0.2, 0.25) is 0 Å². The van der Waals surface area contributed by atoms with Crippen molar-refractivity contribution < 1.29 is 24.1 Å². The van der Waals surface area contributed by atoms with Crippen molar-refractivity contribution in [3.8, 4) is 28.7 Å². The van der Waals surface area contributed by atoms with Gasteiger partial charge in [-0.15, -0.1) is 0 Å². The van der Waals surface area contributed by atoms with Gasteiger partial charge in [-0.25, -0.2) is 0 Å². The molecule has 0 saturated heterocycles. The van der Waals surface area contributed by atoms with Gasteiger partial charge in [0, 0.05) is 6.07 Å². The molecule has 0 amide bonds. The van der Waals surface area contributed by atoms with E-state index in [0.717, 1.165) is 17.5 Å². The number of hydrogen-bond donors (Lipinski definition) is 1. The fourth-order valence-electron chi connectivity index (χ4n) is 2.44. The van der Waals surface area contributed by atoms with Gasteiger partial charge in [0.1, 0.15) is 11.5 Å². The zero-order valence-electron chi connectivity index (χ0n) is 13.9. The summed E-state index contributed by atoms with van der Waals surface area (Å²) in [6.07, 6.45) is 1.42. The molecule has 2 aromatic carbocycles. The van der Waals surface area contributed by atoms with E-state index in [-0.39, 0.29) is 5.75 Å². The van der Waals surface area contributed by atoms with Crippen LogP contribution < -0.4 is 18.9 Å². The molecule has 0 atom stereocenters. The van der Waals surface area contributed by atoms with Gasteiger partial charge in [-0.2, -0.15) is 0 Å². The molecule has 1 N–H and O–H groups in total. The number of benzene rings is 2. The Balaban J connectivity index is 2.20. The number of aromatic hydroxyl groups is 1. The first kappa shape index (κ1) is 16.8. The molecule has 0 unspecified atom stereocenters. The molecule has 0 aromatic heterocycles. The minimum Gasteiger partial charge on any atom is -0.508 e. The monoisotopic (exact) mass is 318 g/mol. The molecule has 0 radical (unpaired) electrons. The van der Waals surface area contributed by atoms with E-state index in [1.807, 2.05) is 24.3 Å². The third kappa shape index (κ3) is 3.80. The minimum atomic E-state index is 0.233. The Morgan fingerprint density at radius 1 is 0.783 bits per heavy atom. The number of rotatable bonds is 7. The van der Waals surface area contributed by atoms with Crippen LogP contribution in [0.4, 0.5) is 0 Å². The van der Waals surface area contributed by atoms with Crippen LogP contribution in [-0.4, -0.2) is 33.5 Å². The van der Waals surface area contributed by atoms with Crippen LogP contribution in [0, 0.1) is 0 Å². The predicted molar refractivity (Wildman–Crippen MR) is 88.2 cm³/mol.